The maximum atomic E-state index is 13.8. The van der Waals surface area contributed by atoms with Gasteiger partial charge in [0.2, 0.25) is 0 Å². The fourth-order valence-corrected chi connectivity index (χ4v) is 4.29. The molecule has 1 aliphatic heterocycles. The number of hydrogen-bond acceptors (Lipinski definition) is 3. The van der Waals surface area contributed by atoms with Gasteiger partial charge in [0.1, 0.15) is 5.54 Å². The van der Waals surface area contributed by atoms with Gasteiger partial charge in [0.25, 0.3) is 5.91 Å². The number of carbonyl (C=O) groups excluding carboxylic acids is 2. The molecule has 1 aliphatic rings. The quantitative estimate of drug-likeness (QED) is 0.557. The molecule has 0 spiro atoms. The standard InChI is InChI=1S/C23H27NO3/c1-6-14-23(15-16(2)3)21(26)27-22(4,5)24(23)20(25)19-13-9-11-17-10-7-8-12-18(17)19/h6-13,16H,1,14-15H2,2-5H3/t23-/m0/s1. The number of amides is 1. The van der Waals surface area contributed by atoms with Crippen molar-refractivity contribution in [2.45, 2.75) is 51.8 Å². The van der Waals surface area contributed by atoms with Crippen molar-refractivity contribution in [1.82, 2.24) is 4.90 Å². The maximum Gasteiger partial charge on any atom is 0.334 e. The fourth-order valence-electron chi connectivity index (χ4n) is 4.29. The summed E-state index contributed by atoms with van der Waals surface area (Å²) in [4.78, 5) is 28.4. The Bertz CT molecular complexity index is 894. The van der Waals surface area contributed by atoms with Crippen molar-refractivity contribution in [3.63, 3.8) is 0 Å². The predicted molar refractivity (Wildman–Crippen MR) is 107 cm³/mol. The molecule has 0 N–H and O–H groups in total. The number of fused-ring (bicyclic) bond motifs is 1. The number of cyclic esters (lactones) is 1. The Labute approximate surface area is 160 Å². The van der Waals surface area contributed by atoms with E-state index in [1.807, 2.05) is 56.3 Å². The molecule has 1 heterocycles. The van der Waals surface area contributed by atoms with Crippen LogP contribution in [0, 0.1) is 5.92 Å². The lowest BCUT2D eigenvalue weighted by Gasteiger charge is -2.40. The van der Waals surface area contributed by atoms with Gasteiger partial charge in [0, 0.05) is 5.56 Å². The molecular weight excluding hydrogens is 338 g/mol. The number of esters is 1. The van der Waals surface area contributed by atoms with Crippen LogP contribution in [0.15, 0.2) is 55.1 Å². The molecule has 0 unspecified atom stereocenters. The molecule has 142 valence electrons. The summed E-state index contributed by atoms with van der Waals surface area (Å²) in [5.74, 6) is -0.325. The Balaban J connectivity index is 2.19. The summed E-state index contributed by atoms with van der Waals surface area (Å²) < 4.78 is 5.70. The summed E-state index contributed by atoms with van der Waals surface area (Å²) in [5.41, 5.74) is -1.48. The molecule has 1 fully saturated rings. The van der Waals surface area contributed by atoms with Crippen LogP contribution in [0.3, 0.4) is 0 Å². The van der Waals surface area contributed by atoms with E-state index in [2.05, 4.69) is 6.58 Å². The summed E-state index contributed by atoms with van der Waals surface area (Å²) in [5, 5.41) is 1.86. The Hall–Kier alpha value is -2.62. The molecule has 1 atom stereocenters. The smallest absolute Gasteiger partial charge is 0.334 e. The Kier molecular flexibility index (Phi) is 4.85. The average Bonchev–Trinajstić information content (AvgIpc) is 2.78. The minimum atomic E-state index is -1.03. The van der Waals surface area contributed by atoms with Gasteiger partial charge in [0.05, 0.1) is 0 Å². The lowest BCUT2D eigenvalue weighted by molar-refractivity contribution is -0.150. The van der Waals surface area contributed by atoms with Crippen molar-refractivity contribution >= 4 is 22.6 Å². The third-order valence-corrected chi connectivity index (χ3v) is 5.14. The van der Waals surface area contributed by atoms with Gasteiger partial charge in [0.15, 0.2) is 5.72 Å². The van der Waals surface area contributed by atoms with E-state index in [0.29, 0.717) is 18.4 Å². The van der Waals surface area contributed by atoms with Crippen LogP contribution < -0.4 is 0 Å². The first kappa shape index (κ1) is 19.2. The zero-order valence-electron chi connectivity index (χ0n) is 16.5. The van der Waals surface area contributed by atoms with Crippen LogP contribution in [0.25, 0.3) is 10.8 Å². The van der Waals surface area contributed by atoms with E-state index in [9.17, 15) is 9.59 Å². The molecule has 4 heteroatoms. The highest BCUT2D eigenvalue weighted by Crippen LogP contribution is 2.44. The molecule has 4 nitrogen and oxygen atoms in total. The Morgan fingerprint density at radius 1 is 1.19 bits per heavy atom. The third kappa shape index (κ3) is 3.14. The van der Waals surface area contributed by atoms with E-state index in [-0.39, 0.29) is 17.8 Å². The number of rotatable bonds is 5. The molecule has 2 aromatic rings. The third-order valence-electron chi connectivity index (χ3n) is 5.14. The summed E-state index contributed by atoms with van der Waals surface area (Å²) in [7, 11) is 0. The average molecular weight is 365 g/mol. The molecular formula is C23H27NO3. The molecule has 0 aliphatic carbocycles. The number of nitrogens with zero attached hydrogens (tertiary/aromatic N) is 1. The van der Waals surface area contributed by atoms with Crippen LogP contribution in [0.1, 0.15) is 50.9 Å². The first-order valence-electron chi connectivity index (χ1n) is 9.40. The van der Waals surface area contributed by atoms with Crippen LogP contribution in [-0.2, 0) is 9.53 Å². The normalized spacial score (nSPS) is 21.5. The SMILES string of the molecule is C=CC[C@]1(CC(C)C)C(=O)OC(C)(C)N1C(=O)c1cccc2ccccc12. The van der Waals surface area contributed by atoms with Crippen LogP contribution in [0.4, 0.5) is 0 Å². The van der Waals surface area contributed by atoms with E-state index >= 15 is 0 Å². The molecule has 1 amide bonds. The largest absolute Gasteiger partial charge is 0.438 e. The predicted octanol–water partition coefficient (Wildman–Crippen LogP) is 4.94. The zero-order valence-corrected chi connectivity index (χ0v) is 16.5. The van der Waals surface area contributed by atoms with Crippen LogP contribution in [0.2, 0.25) is 0 Å². The number of carbonyl (C=O) groups is 2. The van der Waals surface area contributed by atoms with Crippen molar-refractivity contribution in [2.24, 2.45) is 5.92 Å². The number of benzene rings is 2. The van der Waals surface area contributed by atoms with Gasteiger partial charge < -0.3 is 4.74 Å². The monoisotopic (exact) mass is 365 g/mol. The molecule has 0 bridgehead atoms. The van der Waals surface area contributed by atoms with Crippen LogP contribution in [-0.4, -0.2) is 28.0 Å². The van der Waals surface area contributed by atoms with Gasteiger partial charge in [-0.05, 0) is 49.4 Å². The van der Waals surface area contributed by atoms with Crippen molar-refractivity contribution in [3.8, 4) is 0 Å². The lowest BCUT2D eigenvalue weighted by Crippen LogP contribution is -2.57. The Morgan fingerprint density at radius 3 is 2.52 bits per heavy atom. The van der Waals surface area contributed by atoms with Crippen LogP contribution in [0.5, 0.6) is 0 Å². The van der Waals surface area contributed by atoms with Gasteiger partial charge in [-0.2, -0.15) is 0 Å². The molecule has 3 rings (SSSR count). The van der Waals surface area contributed by atoms with Gasteiger partial charge in [-0.25, -0.2) is 4.79 Å². The highest BCUT2D eigenvalue weighted by atomic mass is 16.6. The first-order chi connectivity index (χ1) is 12.7. The zero-order chi connectivity index (χ0) is 19.8. The Morgan fingerprint density at radius 2 is 1.85 bits per heavy atom. The summed E-state index contributed by atoms with van der Waals surface area (Å²) in [6.07, 6.45) is 2.59. The number of hydrogen-bond donors (Lipinski definition) is 0. The van der Waals surface area contributed by atoms with Crippen molar-refractivity contribution in [1.29, 1.82) is 0 Å². The van der Waals surface area contributed by atoms with E-state index in [0.717, 1.165) is 10.8 Å². The molecule has 0 aromatic heterocycles. The fraction of sp³-hybridized carbons (Fsp3) is 0.391. The molecule has 2 aromatic carbocycles. The first-order valence-corrected chi connectivity index (χ1v) is 9.40. The van der Waals surface area contributed by atoms with E-state index in [1.54, 1.807) is 24.8 Å². The molecule has 0 saturated carbocycles. The maximum absolute atomic E-state index is 13.8. The summed E-state index contributed by atoms with van der Waals surface area (Å²) >= 11 is 0. The van der Waals surface area contributed by atoms with Gasteiger partial charge in [-0.15, -0.1) is 6.58 Å². The molecule has 0 radical (unpaired) electrons. The minimum absolute atomic E-state index is 0.190. The van der Waals surface area contributed by atoms with E-state index < -0.39 is 11.3 Å². The van der Waals surface area contributed by atoms with Gasteiger partial charge in [-0.1, -0.05) is 56.3 Å². The second-order valence-electron chi connectivity index (χ2n) is 8.13. The van der Waals surface area contributed by atoms with Gasteiger partial charge in [-0.3, -0.25) is 9.69 Å². The van der Waals surface area contributed by atoms with E-state index in [1.165, 1.54) is 0 Å². The van der Waals surface area contributed by atoms with Gasteiger partial charge >= 0.3 is 5.97 Å². The topological polar surface area (TPSA) is 46.6 Å². The molecule has 27 heavy (non-hydrogen) atoms. The number of ether oxygens (including phenoxy) is 1. The van der Waals surface area contributed by atoms with Crippen molar-refractivity contribution in [3.05, 3.63) is 60.7 Å². The van der Waals surface area contributed by atoms with Crippen molar-refractivity contribution < 1.29 is 14.3 Å². The summed E-state index contributed by atoms with van der Waals surface area (Å²) in [6, 6.07) is 13.5. The summed E-state index contributed by atoms with van der Waals surface area (Å²) in [6.45, 7) is 11.5. The molecule has 1 saturated heterocycles. The minimum Gasteiger partial charge on any atom is -0.438 e. The highest BCUT2D eigenvalue weighted by Gasteiger charge is 2.60. The second-order valence-corrected chi connectivity index (χ2v) is 8.13. The highest BCUT2D eigenvalue weighted by molar-refractivity contribution is 6.09. The second kappa shape index (κ2) is 6.84. The lowest BCUT2D eigenvalue weighted by atomic mass is 9.83. The van der Waals surface area contributed by atoms with E-state index in [4.69, 9.17) is 4.74 Å². The van der Waals surface area contributed by atoms with Crippen LogP contribution >= 0.6 is 0 Å². The van der Waals surface area contributed by atoms with Crippen molar-refractivity contribution in [2.75, 3.05) is 0 Å².